The van der Waals surface area contributed by atoms with Crippen molar-refractivity contribution in [1.29, 1.82) is 0 Å². The molecule has 1 N–H and O–H groups in total. The van der Waals surface area contributed by atoms with Gasteiger partial charge in [-0.3, -0.25) is 9.52 Å². The Morgan fingerprint density at radius 3 is 2.64 bits per heavy atom. The first-order valence-corrected chi connectivity index (χ1v) is 9.62. The summed E-state index contributed by atoms with van der Waals surface area (Å²) in [7, 11) is -3.29. The predicted octanol–water partition coefficient (Wildman–Crippen LogP) is 2.45. The molecule has 2 heterocycles. The number of anilines is 2. The maximum absolute atomic E-state index is 12.1. The van der Waals surface area contributed by atoms with E-state index in [1.165, 1.54) is 0 Å². The lowest BCUT2D eigenvalue weighted by molar-refractivity contribution is -0.119. The number of carbonyl (C=O) groups excluding carboxylic acids is 1. The lowest BCUT2D eigenvalue weighted by Crippen LogP contribution is -2.39. The molecule has 120 valence electrons. The highest BCUT2D eigenvalue weighted by Gasteiger charge is 2.29. The first-order valence-electron chi connectivity index (χ1n) is 7.97. The van der Waals surface area contributed by atoms with Crippen LogP contribution < -0.4 is 9.62 Å². The fourth-order valence-electron chi connectivity index (χ4n) is 3.28. The molecule has 0 atom stereocenters. The summed E-state index contributed by atoms with van der Waals surface area (Å²) in [6, 6.07) is 3.79. The number of carbonyl (C=O) groups is 1. The topological polar surface area (TPSA) is 66.5 Å². The van der Waals surface area contributed by atoms with E-state index in [9.17, 15) is 13.2 Å². The zero-order valence-electron chi connectivity index (χ0n) is 12.9. The van der Waals surface area contributed by atoms with Crippen molar-refractivity contribution in [1.82, 2.24) is 0 Å². The summed E-state index contributed by atoms with van der Waals surface area (Å²) in [6.07, 6.45) is 4.56. The average Bonchev–Trinajstić information content (AvgIpc) is 2.48. The summed E-state index contributed by atoms with van der Waals surface area (Å²) in [5, 5.41) is 0. The molecule has 3 rings (SSSR count). The molecular weight excluding hydrogens is 300 g/mol. The monoisotopic (exact) mass is 322 g/mol. The molecule has 2 aliphatic rings. The zero-order valence-corrected chi connectivity index (χ0v) is 13.7. The van der Waals surface area contributed by atoms with Crippen molar-refractivity contribution < 1.29 is 13.2 Å². The van der Waals surface area contributed by atoms with E-state index in [4.69, 9.17) is 0 Å². The number of aryl methyl sites for hydroxylation is 2. The minimum Gasteiger partial charge on any atom is -0.312 e. The van der Waals surface area contributed by atoms with Crippen LogP contribution in [0.4, 0.5) is 11.4 Å². The molecule has 0 radical (unpaired) electrons. The SMILES string of the molecule is CCCCS(=O)(=O)Nc1cc2c3c(c1)CCC(=O)N3CCC2. The Balaban J connectivity index is 1.91. The minimum absolute atomic E-state index is 0.153. The van der Waals surface area contributed by atoms with Crippen molar-refractivity contribution >= 4 is 27.3 Å². The van der Waals surface area contributed by atoms with Gasteiger partial charge in [-0.05, 0) is 48.9 Å². The second-order valence-electron chi connectivity index (χ2n) is 6.07. The number of hydrogen-bond acceptors (Lipinski definition) is 3. The quantitative estimate of drug-likeness (QED) is 0.905. The molecule has 5 nitrogen and oxygen atoms in total. The van der Waals surface area contributed by atoms with E-state index >= 15 is 0 Å². The van der Waals surface area contributed by atoms with Crippen molar-refractivity contribution in [2.75, 3.05) is 21.9 Å². The molecule has 22 heavy (non-hydrogen) atoms. The second-order valence-corrected chi connectivity index (χ2v) is 7.91. The van der Waals surface area contributed by atoms with Crippen LogP contribution >= 0.6 is 0 Å². The highest BCUT2D eigenvalue weighted by atomic mass is 32.2. The zero-order chi connectivity index (χ0) is 15.7. The Bertz CT molecular complexity index is 680. The van der Waals surface area contributed by atoms with E-state index < -0.39 is 10.0 Å². The van der Waals surface area contributed by atoms with E-state index in [2.05, 4.69) is 4.72 Å². The fraction of sp³-hybridized carbons (Fsp3) is 0.562. The number of hydrogen-bond donors (Lipinski definition) is 1. The normalized spacial score (nSPS) is 17.3. The van der Waals surface area contributed by atoms with Gasteiger partial charge in [0.1, 0.15) is 0 Å². The van der Waals surface area contributed by atoms with Crippen LogP contribution in [0.2, 0.25) is 0 Å². The van der Waals surface area contributed by atoms with Gasteiger partial charge >= 0.3 is 0 Å². The van der Waals surface area contributed by atoms with Gasteiger partial charge in [0.2, 0.25) is 15.9 Å². The number of nitrogens with zero attached hydrogens (tertiary/aromatic N) is 1. The molecule has 0 saturated carbocycles. The molecule has 1 aromatic carbocycles. The van der Waals surface area contributed by atoms with Gasteiger partial charge in [-0.15, -0.1) is 0 Å². The van der Waals surface area contributed by atoms with Crippen LogP contribution in [0.15, 0.2) is 12.1 Å². The molecule has 0 aliphatic carbocycles. The third-order valence-corrected chi connectivity index (χ3v) is 5.69. The lowest BCUT2D eigenvalue weighted by atomic mass is 9.91. The Kier molecular flexibility index (Phi) is 4.12. The van der Waals surface area contributed by atoms with Gasteiger partial charge in [-0.1, -0.05) is 13.3 Å². The summed E-state index contributed by atoms with van der Waals surface area (Å²) in [5.74, 6) is 0.338. The number of sulfonamides is 1. The number of amides is 1. The number of benzene rings is 1. The van der Waals surface area contributed by atoms with Crippen LogP contribution in [0, 0.1) is 0 Å². The molecule has 2 aliphatic heterocycles. The number of nitrogens with one attached hydrogen (secondary N) is 1. The standard InChI is InChI=1S/C16H22N2O3S/c1-2-3-9-22(20,21)17-14-10-12-5-4-8-18-15(19)7-6-13(11-14)16(12)18/h10-11,17H,2-9H2,1H3. The Labute approximate surface area is 131 Å². The molecule has 0 spiro atoms. The summed E-state index contributed by atoms with van der Waals surface area (Å²) in [5.41, 5.74) is 3.84. The third kappa shape index (κ3) is 2.97. The fourth-order valence-corrected chi connectivity index (χ4v) is 4.52. The summed E-state index contributed by atoms with van der Waals surface area (Å²) < 4.78 is 26.9. The van der Waals surface area contributed by atoms with E-state index in [1.54, 1.807) is 0 Å². The Morgan fingerprint density at radius 2 is 1.91 bits per heavy atom. The largest absolute Gasteiger partial charge is 0.312 e. The van der Waals surface area contributed by atoms with Crippen molar-refractivity contribution in [2.45, 2.75) is 45.4 Å². The number of unbranched alkanes of at least 4 members (excludes halogenated alkanes) is 1. The average molecular weight is 322 g/mol. The highest BCUT2D eigenvalue weighted by Crippen LogP contribution is 2.38. The minimum atomic E-state index is -3.29. The maximum atomic E-state index is 12.1. The smallest absolute Gasteiger partial charge is 0.232 e. The number of rotatable bonds is 5. The molecule has 1 aromatic rings. The van der Waals surface area contributed by atoms with Gasteiger partial charge < -0.3 is 4.90 Å². The van der Waals surface area contributed by atoms with Gasteiger partial charge in [-0.2, -0.15) is 0 Å². The molecule has 0 saturated heterocycles. The molecule has 0 fully saturated rings. The first-order chi connectivity index (χ1) is 10.5. The van der Waals surface area contributed by atoms with Crippen molar-refractivity contribution in [3.05, 3.63) is 23.3 Å². The molecular formula is C16H22N2O3S. The first kappa shape index (κ1) is 15.3. The van der Waals surface area contributed by atoms with Crippen LogP contribution in [0.25, 0.3) is 0 Å². The van der Waals surface area contributed by atoms with Gasteiger partial charge in [0.05, 0.1) is 11.4 Å². The van der Waals surface area contributed by atoms with Gasteiger partial charge in [0.15, 0.2) is 0 Å². The van der Waals surface area contributed by atoms with E-state index in [-0.39, 0.29) is 11.7 Å². The third-order valence-electron chi connectivity index (χ3n) is 4.31. The molecule has 1 amide bonds. The summed E-state index contributed by atoms with van der Waals surface area (Å²) in [4.78, 5) is 13.9. The molecule has 0 aromatic heterocycles. The Hall–Kier alpha value is -1.56. The van der Waals surface area contributed by atoms with Crippen LogP contribution in [0.5, 0.6) is 0 Å². The van der Waals surface area contributed by atoms with E-state index in [1.807, 2.05) is 24.0 Å². The second kappa shape index (κ2) is 5.91. The highest BCUT2D eigenvalue weighted by molar-refractivity contribution is 7.92. The van der Waals surface area contributed by atoms with Gasteiger partial charge in [-0.25, -0.2) is 8.42 Å². The van der Waals surface area contributed by atoms with Crippen molar-refractivity contribution in [3.63, 3.8) is 0 Å². The van der Waals surface area contributed by atoms with Crippen LogP contribution in [0.1, 0.15) is 43.7 Å². The summed E-state index contributed by atoms with van der Waals surface area (Å²) >= 11 is 0. The molecule has 0 bridgehead atoms. The summed E-state index contributed by atoms with van der Waals surface area (Å²) in [6.45, 7) is 2.75. The molecule has 6 heteroatoms. The van der Waals surface area contributed by atoms with Gasteiger partial charge in [0, 0.05) is 18.7 Å². The van der Waals surface area contributed by atoms with Crippen LogP contribution in [-0.4, -0.2) is 26.6 Å². The Morgan fingerprint density at radius 1 is 1.18 bits per heavy atom. The van der Waals surface area contributed by atoms with Gasteiger partial charge in [0.25, 0.3) is 0 Å². The van der Waals surface area contributed by atoms with E-state index in [0.717, 1.165) is 42.6 Å². The maximum Gasteiger partial charge on any atom is 0.232 e. The predicted molar refractivity (Wildman–Crippen MR) is 87.8 cm³/mol. The van der Waals surface area contributed by atoms with Crippen molar-refractivity contribution in [3.8, 4) is 0 Å². The molecule has 0 unspecified atom stereocenters. The van der Waals surface area contributed by atoms with Crippen molar-refractivity contribution in [2.24, 2.45) is 0 Å². The van der Waals surface area contributed by atoms with Crippen LogP contribution in [-0.2, 0) is 27.7 Å². The lowest BCUT2D eigenvalue weighted by Gasteiger charge is -2.35. The van der Waals surface area contributed by atoms with E-state index in [0.29, 0.717) is 24.9 Å². The van der Waals surface area contributed by atoms with Crippen LogP contribution in [0.3, 0.4) is 0 Å².